The number of carbonyl (C=O) groups is 2. The highest BCUT2D eigenvalue weighted by atomic mass is 35.5. The molecule has 1 aliphatic rings. The number of rotatable bonds is 6. The van der Waals surface area contributed by atoms with Gasteiger partial charge in [-0.3, -0.25) is 14.6 Å². The maximum Gasteiger partial charge on any atom is 0.323 e. The van der Waals surface area contributed by atoms with E-state index in [0.717, 1.165) is 18.4 Å². The maximum atomic E-state index is 12.9. The lowest BCUT2D eigenvalue weighted by atomic mass is 9.68. The molecule has 156 valence electrons. The predicted octanol–water partition coefficient (Wildman–Crippen LogP) is 3.52. The van der Waals surface area contributed by atoms with E-state index in [0.29, 0.717) is 30.0 Å². The average Bonchev–Trinajstić information content (AvgIpc) is 2.72. The molecule has 1 aromatic heterocycles. The fourth-order valence-electron chi connectivity index (χ4n) is 4.06. The predicted molar refractivity (Wildman–Crippen MR) is 115 cm³/mol. The molecule has 1 aliphatic carbocycles. The van der Waals surface area contributed by atoms with E-state index in [2.05, 4.69) is 4.98 Å². The van der Waals surface area contributed by atoms with Crippen molar-refractivity contribution >= 4 is 35.9 Å². The van der Waals surface area contributed by atoms with Gasteiger partial charge in [0, 0.05) is 35.4 Å². The molecule has 0 bridgehead atoms. The van der Waals surface area contributed by atoms with E-state index >= 15 is 0 Å². The Morgan fingerprint density at radius 2 is 1.97 bits per heavy atom. The zero-order chi connectivity index (χ0) is 20.1. The summed E-state index contributed by atoms with van der Waals surface area (Å²) in [6.45, 7) is 0.154. The summed E-state index contributed by atoms with van der Waals surface area (Å²) in [4.78, 5) is 29.7. The Kier molecular flexibility index (Phi) is 8.02. The smallest absolute Gasteiger partial charge is 0.323 e. The van der Waals surface area contributed by atoms with Gasteiger partial charge in [0.2, 0.25) is 0 Å². The van der Waals surface area contributed by atoms with Crippen molar-refractivity contribution in [2.24, 2.45) is 5.73 Å². The number of benzene rings is 1. The Balaban J connectivity index is 0.00000300. The lowest BCUT2D eigenvalue weighted by Gasteiger charge is -2.43. The minimum absolute atomic E-state index is 0. The van der Waals surface area contributed by atoms with Crippen molar-refractivity contribution in [2.75, 3.05) is 13.1 Å². The fourth-order valence-corrected chi connectivity index (χ4v) is 4.25. The van der Waals surface area contributed by atoms with E-state index in [1.54, 1.807) is 18.3 Å². The number of amides is 1. The number of pyridine rings is 1. The van der Waals surface area contributed by atoms with Gasteiger partial charge in [0.25, 0.3) is 5.91 Å². The van der Waals surface area contributed by atoms with Crippen LogP contribution in [0.1, 0.15) is 41.6 Å². The molecule has 6 nitrogen and oxygen atoms in total. The molecule has 1 heterocycles. The number of carboxylic acid groups (broad SMARTS) is 1. The fraction of sp³-hybridized carbons (Fsp3) is 0.381. The van der Waals surface area contributed by atoms with Gasteiger partial charge in [-0.05, 0) is 55.5 Å². The van der Waals surface area contributed by atoms with E-state index < -0.39 is 5.97 Å². The molecule has 0 saturated heterocycles. The average molecular weight is 438 g/mol. The van der Waals surface area contributed by atoms with E-state index in [4.69, 9.17) is 17.3 Å². The Labute approximate surface area is 181 Å². The van der Waals surface area contributed by atoms with Crippen molar-refractivity contribution in [3.05, 3.63) is 64.9 Å². The highest BCUT2D eigenvalue weighted by Crippen LogP contribution is 2.41. The third-order valence-electron chi connectivity index (χ3n) is 5.66. The summed E-state index contributed by atoms with van der Waals surface area (Å²) in [5.74, 6) is -1.33. The zero-order valence-corrected chi connectivity index (χ0v) is 17.5. The summed E-state index contributed by atoms with van der Waals surface area (Å²) in [6, 6.07) is 10.9. The number of nitrogens with zero attached hydrogens (tertiary/aromatic N) is 2. The van der Waals surface area contributed by atoms with Gasteiger partial charge in [-0.1, -0.05) is 23.7 Å². The monoisotopic (exact) mass is 437 g/mol. The molecule has 3 rings (SSSR count). The van der Waals surface area contributed by atoms with Crippen LogP contribution in [0.25, 0.3) is 0 Å². The third-order valence-corrected chi connectivity index (χ3v) is 5.89. The quantitative estimate of drug-likeness (QED) is 0.720. The van der Waals surface area contributed by atoms with Crippen LogP contribution in [0.5, 0.6) is 0 Å². The highest BCUT2D eigenvalue weighted by Gasteiger charge is 2.39. The van der Waals surface area contributed by atoms with Gasteiger partial charge in [-0.25, -0.2) is 0 Å². The van der Waals surface area contributed by atoms with Crippen molar-refractivity contribution in [1.82, 2.24) is 9.88 Å². The third kappa shape index (κ3) is 5.26. The maximum absolute atomic E-state index is 12.9. The first-order valence-corrected chi connectivity index (χ1v) is 9.72. The molecule has 1 aromatic carbocycles. The first-order chi connectivity index (χ1) is 13.4. The largest absolute Gasteiger partial charge is 0.480 e. The second-order valence-corrected chi connectivity index (χ2v) is 7.73. The number of hydrogen-bond acceptors (Lipinski definition) is 4. The van der Waals surface area contributed by atoms with E-state index in [9.17, 15) is 14.7 Å². The van der Waals surface area contributed by atoms with Gasteiger partial charge in [-0.2, -0.15) is 0 Å². The SMILES string of the molecule is Cl.NCC1(c2cccc(Cl)c2)CCC(N(CC(=O)O)C(=O)c2cccnc2)CC1. The number of aromatic nitrogens is 1. The van der Waals surface area contributed by atoms with Crippen molar-refractivity contribution in [3.63, 3.8) is 0 Å². The van der Waals surface area contributed by atoms with Gasteiger partial charge >= 0.3 is 5.97 Å². The number of nitrogens with two attached hydrogens (primary N) is 1. The summed E-state index contributed by atoms with van der Waals surface area (Å²) in [5.41, 5.74) is 7.45. The highest BCUT2D eigenvalue weighted by molar-refractivity contribution is 6.30. The molecule has 0 spiro atoms. The lowest BCUT2D eigenvalue weighted by Crippen LogP contribution is -2.49. The summed E-state index contributed by atoms with van der Waals surface area (Å²) >= 11 is 6.16. The first kappa shape index (κ1) is 23.1. The summed E-state index contributed by atoms with van der Waals surface area (Å²) in [7, 11) is 0. The number of halogens is 2. The second kappa shape index (κ2) is 10.1. The topological polar surface area (TPSA) is 96.5 Å². The molecule has 29 heavy (non-hydrogen) atoms. The number of aliphatic carboxylic acids is 1. The van der Waals surface area contributed by atoms with Crippen molar-refractivity contribution in [3.8, 4) is 0 Å². The Hall–Kier alpha value is -2.15. The van der Waals surface area contributed by atoms with E-state index in [1.165, 1.54) is 11.1 Å². The van der Waals surface area contributed by atoms with Crippen molar-refractivity contribution in [2.45, 2.75) is 37.1 Å². The van der Waals surface area contributed by atoms with Gasteiger partial charge in [0.1, 0.15) is 6.54 Å². The first-order valence-electron chi connectivity index (χ1n) is 9.34. The number of carboxylic acids is 1. The van der Waals surface area contributed by atoms with Gasteiger partial charge in [-0.15, -0.1) is 12.4 Å². The number of carbonyl (C=O) groups excluding carboxylic acids is 1. The molecule has 2 aromatic rings. The van der Waals surface area contributed by atoms with Crippen LogP contribution in [-0.2, 0) is 10.2 Å². The Bertz CT molecular complexity index is 840. The standard InChI is InChI=1S/C21H24ClN3O3.ClH/c22-17-5-1-4-16(11-17)21(14-23)8-6-18(7-9-21)25(13-19(26)27)20(28)15-3-2-10-24-12-15;/h1-5,10-12,18H,6-9,13-14,23H2,(H,26,27);1H. The lowest BCUT2D eigenvalue weighted by molar-refractivity contribution is -0.138. The molecule has 0 unspecified atom stereocenters. The van der Waals surface area contributed by atoms with Gasteiger partial charge in [0.05, 0.1) is 5.56 Å². The van der Waals surface area contributed by atoms with Crippen LogP contribution >= 0.6 is 24.0 Å². The molecular weight excluding hydrogens is 413 g/mol. The molecule has 3 N–H and O–H groups in total. The summed E-state index contributed by atoms with van der Waals surface area (Å²) < 4.78 is 0. The van der Waals surface area contributed by atoms with E-state index in [-0.39, 0.29) is 36.3 Å². The minimum atomic E-state index is -1.03. The molecule has 0 atom stereocenters. The Morgan fingerprint density at radius 1 is 1.24 bits per heavy atom. The zero-order valence-electron chi connectivity index (χ0n) is 16.0. The Morgan fingerprint density at radius 3 is 2.52 bits per heavy atom. The van der Waals surface area contributed by atoms with E-state index in [1.807, 2.05) is 24.3 Å². The van der Waals surface area contributed by atoms with Crippen LogP contribution < -0.4 is 5.73 Å². The van der Waals surface area contributed by atoms with Crippen molar-refractivity contribution < 1.29 is 14.7 Å². The molecule has 0 aliphatic heterocycles. The molecule has 1 saturated carbocycles. The molecule has 0 radical (unpaired) electrons. The molecule has 8 heteroatoms. The van der Waals surface area contributed by atoms with Gasteiger partial charge in [0.15, 0.2) is 0 Å². The van der Waals surface area contributed by atoms with Crippen LogP contribution in [0.3, 0.4) is 0 Å². The van der Waals surface area contributed by atoms with Crippen LogP contribution in [0.15, 0.2) is 48.8 Å². The van der Waals surface area contributed by atoms with Gasteiger partial charge < -0.3 is 15.7 Å². The summed E-state index contributed by atoms with van der Waals surface area (Å²) in [6.07, 6.45) is 5.96. The normalized spacial score (nSPS) is 21.1. The molecule has 1 fully saturated rings. The van der Waals surface area contributed by atoms with Crippen LogP contribution in [0.2, 0.25) is 5.02 Å². The molecular formula is C21H25Cl2N3O3. The minimum Gasteiger partial charge on any atom is -0.480 e. The number of hydrogen-bond donors (Lipinski definition) is 2. The summed E-state index contributed by atoms with van der Waals surface area (Å²) in [5, 5.41) is 10.00. The van der Waals surface area contributed by atoms with Crippen LogP contribution in [0, 0.1) is 0 Å². The van der Waals surface area contributed by atoms with Crippen LogP contribution in [-0.4, -0.2) is 46.0 Å². The van der Waals surface area contributed by atoms with Crippen LogP contribution in [0.4, 0.5) is 0 Å². The molecule has 1 amide bonds. The van der Waals surface area contributed by atoms with Crippen molar-refractivity contribution in [1.29, 1.82) is 0 Å². The second-order valence-electron chi connectivity index (χ2n) is 7.29.